The van der Waals surface area contributed by atoms with E-state index in [2.05, 4.69) is 12.6 Å². The molecule has 0 saturated carbocycles. The molecule has 0 radical (unpaired) electrons. The van der Waals surface area contributed by atoms with E-state index in [1.165, 1.54) is 4.90 Å². The van der Waals surface area contributed by atoms with Crippen molar-refractivity contribution < 1.29 is 4.79 Å². The molecule has 0 atom stereocenters. The van der Waals surface area contributed by atoms with Crippen molar-refractivity contribution in [1.29, 1.82) is 0 Å². The van der Waals surface area contributed by atoms with Crippen molar-refractivity contribution in [2.45, 2.75) is 0 Å². The van der Waals surface area contributed by atoms with Gasteiger partial charge in [0.25, 0.3) is 5.24 Å². The first-order chi connectivity index (χ1) is 6.52. The predicted octanol–water partition coefficient (Wildman–Crippen LogP) is 2.24. The van der Waals surface area contributed by atoms with Crippen molar-refractivity contribution in [3.63, 3.8) is 0 Å². The fourth-order valence-electron chi connectivity index (χ4n) is 1.09. The second kappa shape index (κ2) is 4.37. The lowest BCUT2D eigenvalue weighted by molar-refractivity contribution is 0.266. The van der Waals surface area contributed by atoms with E-state index in [-0.39, 0.29) is 5.24 Å². The van der Waals surface area contributed by atoms with Gasteiger partial charge in [-0.05, 0) is 18.2 Å². The first-order valence-electron chi connectivity index (χ1n) is 4.26. The lowest BCUT2D eigenvalue weighted by Crippen LogP contribution is -2.20. The van der Waals surface area contributed by atoms with Gasteiger partial charge in [-0.15, -0.1) is 0 Å². The van der Waals surface area contributed by atoms with Crippen LogP contribution in [0.25, 0.3) is 0 Å². The molecule has 0 fully saturated rings. The number of hydrogen-bond acceptors (Lipinski definition) is 2. The number of rotatable bonds is 2. The molecule has 0 saturated heterocycles. The Hall–Kier alpha value is -1.16. The highest BCUT2D eigenvalue weighted by molar-refractivity contribution is 7.96. The molecule has 0 aliphatic heterocycles. The van der Waals surface area contributed by atoms with Crippen LogP contribution in [0.15, 0.2) is 24.3 Å². The Morgan fingerprint density at radius 3 is 2.29 bits per heavy atom. The normalized spacial score (nSPS) is 9.71. The molecule has 0 heterocycles. The molecule has 3 nitrogen and oxygen atoms in total. The zero-order chi connectivity index (χ0) is 10.7. The van der Waals surface area contributed by atoms with Crippen LogP contribution in [-0.2, 0) is 0 Å². The summed E-state index contributed by atoms with van der Waals surface area (Å²) < 4.78 is 0. The highest BCUT2D eigenvalue weighted by Gasteiger charge is 2.06. The number of benzene rings is 1. The maximum absolute atomic E-state index is 11.0. The minimum atomic E-state index is -0.263. The molecular weight excluding hydrogens is 196 g/mol. The molecule has 1 aromatic rings. The monoisotopic (exact) mass is 210 g/mol. The topological polar surface area (TPSA) is 23.6 Å². The SMILES string of the molecule is CN(C)c1cccc(N(C)C(=O)S)c1. The number of anilines is 2. The van der Waals surface area contributed by atoms with E-state index in [0.29, 0.717) is 0 Å². The van der Waals surface area contributed by atoms with Crippen molar-refractivity contribution in [3.05, 3.63) is 24.3 Å². The molecule has 0 aliphatic carbocycles. The van der Waals surface area contributed by atoms with Gasteiger partial charge in [-0.1, -0.05) is 18.7 Å². The summed E-state index contributed by atoms with van der Waals surface area (Å²) in [4.78, 5) is 14.5. The Balaban J connectivity index is 2.99. The molecule has 76 valence electrons. The lowest BCUT2D eigenvalue weighted by Gasteiger charge is -2.18. The largest absolute Gasteiger partial charge is 0.378 e. The molecular formula is C10H14N2OS. The Morgan fingerprint density at radius 2 is 1.79 bits per heavy atom. The van der Waals surface area contributed by atoms with E-state index >= 15 is 0 Å². The number of nitrogens with zero attached hydrogens (tertiary/aromatic N) is 2. The summed E-state index contributed by atoms with van der Waals surface area (Å²) in [7, 11) is 5.62. The molecule has 0 spiro atoms. The molecule has 1 amide bonds. The van der Waals surface area contributed by atoms with Gasteiger partial charge in [0.2, 0.25) is 0 Å². The third-order valence-electron chi connectivity index (χ3n) is 2.02. The van der Waals surface area contributed by atoms with Gasteiger partial charge in [0, 0.05) is 32.5 Å². The van der Waals surface area contributed by atoms with Gasteiger partial charge in [0.15, 0.2) is 0 Å². The van der Waals surface area contributed by atoms with Crippen LogP contribution >= 0.6 is 12.6 Å². The predicted molar refractivity (Wildman–Crippen MR) is 63.6 cm³/mol. The summed E-state index contributed by atoms with van der Waals surface area (Å²) in [5, 5.41) is -0.263. The number of amides is 1. The van der Waals surface area contributed by atoms with Crippen LogP contribution in [0.3, 0.4) is 0 Å². The Kier molecular flexibility index (Phi) is 3.41. The van der Waals surface area contributed by atoms with Crippen molar-refractivity contribution in [2.75, 3.05) is 30.9 Å². The molecule has 0 aliphatic rings. The van der Waals surface area contributed by atoms with Gasteiger partial charge in [0.05, 0.1) is 0 Å². The summed E-state index contributed by atoms with van der Waals surface area (Å²) >= 11 is 3.76. The molecule has 0 bridgehead atoms. The average Bonchev–Trinajstić information content (AvgIpc) is 2.16. The zero-order valence-corrected chi connectivity index (χ0v) is 9.45. The first kappa shape index (κ1) is 10.9. The molecule has 0 aromatic heterocycles. The van der Waals surface area contributed by atoms with E-state index in [9.17, 15) is 4.79 Å². The Morgan fingerprint density at radius 1 is 1.21 bits per heavy atom. The van der Waals surface area contributed by atoms with Crippen molar-refractivity contribution in [2.24, 2.45) is 0 Å². The van der Waals surface area contributed by atoms with E-state index < -0.39 is 0 Å². The second-order valence-electron chi connectivity index (χ2n) is 3.26. The quantitative estimate of drug-likeness (QED) is 0.757. The van der Waals surface area contributed by atoms with Crippen LogP contribution in [0.2, 0.25) is 0 Å². The van der Waals surface area contributed by atoms with Crippen LogP contribution in [0.4, 0.5) is 16.2 Å². The number of carbonyl (C=O) groups excluding carboxylic acids is 1. The molecule has 1 rings (SSSR count). The van der Waals surface area contributed by atoms with Gasteiger partial charge in [-0.25, -0.2) is 0 Å². The van der Waals surface area contributed by atoms with Gasteiger partial charge in [0.1, 0.15) is 0 Å². The Labute approximate surface area is 89.7 Å². The Bertz CT molecular complexity index is 339. The number of thiol groups is 1. The maximum atomic E-state index is 11.0. The van der Waals surface area contributed by atoms with Crippen LogP contribution < -0.4 is 9.80 Å². The number of hydrogen-bond donors (Lipinski definition) is 1. The smallest absolute Gasteiger partial charge is 0.282 e. The molecule has 1 aromatic carbocycles. The van der Waals surface area contributed by atoms with E-state index in [0.717, 1.165) is 11.4 Å². The summed E-state index contributed by atoms with van der Waals surface area (Å²) in [5.74, 6) is 0. The summed E-state index contributed by atoms with van der Waals surface area (Å²) in [6.45, 7) is 0. The van der Waals surface area contributed by atoms with Crippen LogP contribution in [0.1, 0.15) is 0 Å². The fraction of sp³-hybridized carbons (Fsp3) is 0.300. The highest BCUT2D eigenvalue weighted by Crippen LogP contribution is 2.20. The van der Waals surface area contributed by atoms with Gasteiger partial charge in [-0.2, -0.15) is 0 Å². The minimum absolute atomic E-state index is 0.263. The third-order valence-corrected chi connectivity index (χ3v) is 2.32. The maximum Gasteiger partial charge on any atom is 0.282 e. The number of carbonyl (C=O) groups is 1. The van der Waals surface area contributed by atoms with Gasteiger partial charge in [-0.3, -0.25) is 4.79 Å². The fourth-order valence-corrected chi connectivity index (χ4v) is 1.21. The molecule has 4 heteroatoms. The lowest BCUT2D eigenvalue weighted by atomic mass is 10.2. The minimum Gasteiger partial charge on any atom is -0.378 e. The summed E-state index contributed by atoms with van der Waals surface area (Å²) in [5.41, 5.74) is 1.90. The van der Waals surface area contributed by atoms with Crippen LogP contribution in [0, 0.1) is 0 Å². The zero-order valence-electron chi connectivity index (χ0n) is 8.56. The van der Waals surface area contributed by atoms with Gasteiger partial charge < -0.3 is 9.80 Å². The second-order valence-corrected chi connectivity index (χ2v) is 3.64. The molecule has 14 heavy (non-hydrogen) atoms. The van der Waals surface area contributed by atoms with Crippen molar-refractivity contribution in [1.82, 2.24) is 0 Å². The van der Waals surface area contributed by atoms with Crippen LogP contribution in [-0.4, -0.2) is 26.4 Å². The highest BCUT2D eigenvalue weighted by atomic mass is 32.1. The first-order valence-corrected chi connectivity index (χ1v) is 4.71. The van der Waals surface area contributed by atoms with E-state index in [1.807, 2.05) is 43.3 Å². The van der Waals surface area contributed by atoms with Gasteiger partial charge >= 0.3 is 0 Å². The van der Waals surface area contributed by atoms with Crippen molar-refractivity contribution >= 4 is 29.2 Å². The van der Waals surface area contributed by atoms with Crippen LogP contribution in [0.5, 0.6) is 0 Å². The third kappa shape index (κ3) is 2.42. The summed E-state index contributed by atoms with van der Waals surface area (Å²) in [6.07, 6.45) is 0. The average molecular weight is 210 g/mol. The standard InChI is InChI=1S/C10H14N2OS/c1-11(2)8-5-4-6-9(7-8)12(3)10(13)14/h4-7H,1-3H3,(H,13,14). The van der Waals surface area contributed by atoms with E-state index in [1.54, 1.807) is 7.05 Å². The van der Waals surface area contributed by atoms with E-state index in [4.69, 9.17) is 0 Å². The molecule has 0 unspecified atom stereocenters. The van der Waals surface area contributed by atoms with Crippen molar-refractivity contribution in [3.8, 4) is 0 Å². The summed E-state index contributed by atoms with van der Waals surface area (Å²) in [6, 6.07) is 7.72. The molecule has 0 N–H and O–H groups in total.